The lowest BCUT2D eigenvalue weighted by Gasteiger charge is -2.43. The largest absolute Gasteiger partial charge is 0.389 e. The number of piperidine rings is 1. The maximum absolute atomic E-state index is 10.7. The van der Waals surface area contributed by atoms with Crippen LogP contribution in [0.25, 0.3) is 0 Å². The van der Waals surface area contributed by atoms with Gasteiger partial charge in [0.25, 0.3) is 0 Å². The minimum absolute atomic E-state index is 0.305. The van der Waals surface area contributed by atoms with E-state index in [0.717, 1.165) is 44.3 Å². The zero-order chi connectivity index (χ0) is 16.3. The Hall–Kier alpha value is -0.640. The summed E-state index contributed by atoms with van der Waals surface area (Å²) in [5, 5.41) is 20.5. The van der Waals surface area contributed by atoms with Gasteiger partial charge in [-0.3, -0.25) is 4.90 Å². The number of nitrogens with zero attached hydrogens (tertiary/aromatic N) is 1. The Labute approximate surface area is 135 Å². The highest BCUT2D eigenvalue weighted by molar-refractivity contribution is 5.18. The summed E-state index contributed by atoms with van der Waals surface area (Å²) in [6.45, 7) is 10.4. The predicted octanol–water partition coefficient (Wildman–Crippen LogP) is 3.28. The van der Waals surface area contributed by atoms with Gasteiger partial charge >= 0.3 is 0 Å². The van der Waals surface area contributed by atoms with Crippen molar-refractivity contribution in [2.24, 2.45) is 5.92 Å². The minimum atomic E-state index is -0.579. The van der Waals surface area contributed by atoms with Crippen LogP contribution in [-0.2, 0) is 0 Å². The average molecular weight is 307 g/mol. The molecule has 0 bridgehead atoms. The number of aliphatic hydroxyl groups is 2. The molecular weight excluding hydrogens is 274 g/mol. The van der Waals surface area contributed by atoms with Crippen LogP contribution in [0.4, 0.5) is 0 Å². The molecule has 0 aromatic rings. The first-order chi connectivity index (χ1) is 10.3. The fourth-order valence-corrected chi connectivity index (χ4v) is 4.03. The molecule has 0 spiro atoms. The third-order valence-corrected chi connectivity index (χ3v) is 5.32. The quantitative estimate of drug-likeness (QED) is 0.766. The average Bonchev–Trinajstić information content (AvgIpc) is 2.92. The number of allylic oxidation sites excluding steroid dienone is 2. The zero-order valence-electron chi connectivity index (χ0n) is 14.7. The molecule has 2 aliphatic heterocycles. The molecule has 0 aromatic heterocycles. The van der Waals surface area contributed by atoms with Gasteiger partial charge in [-0.15, -0.1) is 0 Å². The lowest BCUT2D eigenvalue weighted by atomic mass is 9.82. The van der Waals surface area contributed by atoms with Crippen LogP contribution in [0.5, 0.6) is 0 Å². The maximum atomic E-state index is 10.7. The number of fused-ring (bicyclic) bond motifs is 1. The molecule has 4 atom stereocenters. The van der Waals surface area contributed by atoms with Gasteiger partial charge < -0.3 is 10.2 Å². The van der Waals surface area contributed by atoms with Crippen LogP contribution in [-0.4, -0.2) is 45.9 Å². The number of hydrogen-bond acceptors (Lipinski definition) is 3. The Kier molecular flexibility index (Phi) is 5.87. The monoisotopic (exact) mass is 307 g/mol. The van der Waals surface area contributed by atoms with Crippen LogP contribution in [0.1, 0.15) is 59.8 Å². The molecule has 3 nitrogen and oxygen atoms in total. The summed E-state index contributed by atoms with van der Waals surface area (Å²) in [6.07, 6.45) is 9.07. The van der Waals surface area contributed by atoms with E-state index in [1.807, 2.05) is 20.8 Å². The topological polar surface area (TPSA) is 43.7 Å². The molecule has 22 heavy (non-hydrogen) atoms. The van der Waals surface area contributed by atoms with E-state index in [0.29, 0.717) is 12.0 Å². The number of aliphatic hydroxyl groups excluding tert-OH is 1. The van der Waals surface area contributed by atoms with Crippen molar-refractivity contribution in [1.82, 2.24) is 4.90 Å². The standard InChI is InChI=1S/C19H33NO2/c1-5-17(21)15(3)9-8-14(2)11-16-12-19(4,22)18-7-6-10-20(18)13-16/h9,11,14,17-18,21-22H,5-8,10,12-13H2,1-4H3/b15-9+,16-11-/t14-,17+,18-,19-/m0/s1. The molecule has 0 aliphatic carbocycles. The lowest BCUT2D eigenvalue weighted by molar-refractivity contribution is -0.0330. The van der Waals surface area contributed by atoms with E-state index in [2.05, 4.69) is 24.0 Å². The molecule has 2 N–H and O–H groups in total. The molecule has 126 valence electrons. The van der Waals surface area contributed by atoms with Crippen molar-refractivity contribution >= 4 is 0 Å². The smallest absolute Gasteiger partial charge is 0.0811 e. The Morgan fingerprint density at radius 1 is 1.50 bits per heavy atom. The second-order valence-electron chi connectivity index (χ2n) is 7.57. The van der Waals surface area contributed by atoms with Crippen molar-refractivity contribution < 1.29 is 10.2 Å². The Morgan fingerprint density at radius 3 is 2.91 bits per heavy atom. The summed E-state index contributed by atoms with van der Waals surface area (Å²) in [5.74, 6) is 0.448. The molecule has 0 aromatic carbocycles. The van der Waals surface area contributed by atoms with Gasteiger partial charge in [-0.25, -0.2) is 0 Å². The highest BCUT2D eigenvalue weighted by Gasteiger charge is 2.43. The van der Waals surface area contributed by atoms with E-state index in [9.17, 15) is 10.2 Å². The molecule has 2 aliphatic rings. The summed E-state index contributed by atoms with van der Waals surface area (Å²) >= 11 is 0. The first-order valence-electron chi connectivity index (χ1n) is 8.84. The van der Waals surface area contributed by atoms with Crippen molar-refractivity contribution in [2.75, 3.05) is 13.1 Å². The highest BCUT2D eigenvalue weighted by atomic mass is 16.3. The van der Waals surface area contributed by atoms with Crippen molar-refractivity contribution in [3.63, 3.8) is 0 Å². The van der Waals surface area contributed by atoms with Gasteiger partial charge in [0.2, 0.25) is 0 Å². The second-order valence-corrected chi connectivity index (χ2v) is 7.57. The van der Waals surface area contributed by atoms with Crippen molar-refractivity contribution in [1.29, 1.82) is 0 Å². The van der Waals surface area contributed by atoms with Crippen molar-refractivity contribution in [3.05, 3.63) is 23.3 Å². The van der Waals surface area contributed by atoms with Crippen molar-refractivity contribution in [2.45, 2.75) is 77.5 Å². The van der Waals surface area contributed by atoms with E-state index < -0.39 is 5.60 Å². The van der Waals surface area contributed by atoms with Crippen LogP contribution < -0.4 is 0 Å². The highest BCUT2D eigenvalue weighted by Crippen LogP contribution is 2.37. The second kappa shape index (κ2) is 7.29. The van der Waals surface area contributed by atoms with E-state index in [1.165, 1.54) is 12.0 Å². The van der Waals surface area contributed by atoms with Gasteiger partial charge in [-0.1, -0.05) is 31.6 Å². The third kappa shape index (κ3) is 4.21. The SMILES string of the molecule is CC[C@@H](O)/C(C)=C/C[C@H](C)/C=C1\CN2CCC[C@H]2[C@@](C)(O)C1. The molecular formula is C19H33NO2. The van der Waals surface area contributed by atoms with E-state index in [1.54, 1.807) is 0 Å². The van der Waals surface area contributed by atoms with Crippen LogP contribution in [0.3, 0.4) is 0 Å². The summed E-state index contributed by atoms with van der Waals surface area (Å²) < 4.78 is 0. The summed E-state index contributed by atoms with van der Waals surface area (Å²) in [6, 6.07) is 0.349. The Morgan fingerprint density at radius 2 is 2.23 bits per heavy atom. The van der Waals surface area contributed by atoms with Gasteiger partial charge in [-0.2, -0.15) is 0 Å². The normalized spacial score (nSPS) is 34.7. The molecule has 2 fully saturated rings. The van der Waals surface area contributed by atoms with Crippen LogP contribution in [0.15, 0.2) is 23.3 Å². The molecule has 0 amide bonds. The molecule has 2 rings (SSSR count). The van der Waals surface area contributed by atoms with Crippen LogP contribution in [0, 0.1) is 5.92 Å². The summed E-state index contributed by atoms with van der Waals surface area (Å²) in [7, 11) is 0. The minimum Gasteiger partial charge on any atom is -0.389 e. The number of rotatable bonds is 5. The Bertz CT molecular complexity index is 439. The van der Waals surface area contributed by atoms with E-state index >= 15 is 0 Å². The number of hydrogen-bond donors (Lipinski definition) is 2. The molecule has 2 heterocycles. The van der Waals surface area contributed by atoms with E-state index in [4.69, 9.17) is 0 Å². The fraction of sp³-hybridized carbons (Fsp3) is 0.789. The maximum Gasteiger partial charge on any atom is 0.0811 e. The summed E-state index contributed by atoms with van der Waals surface area (Å²) in [5.41, 5.74) is 1.87. The van der Waals surface area contributed by atoms with Gasteiger partial charge in [0.05, 0.1) is 11.7 Å². The Balaban J connectivity index is 1.97. The van der Waals surface area contributed by atoms with Crippen LogP contribution in [0.2, 0.25) is 0 Å². The van der Waals surface area contributed by atoms with Gasteiger partial charge in [-0.05, 0) is 64.0 Å². The molecule has 3 heteroatoms. The van der Waals surface area contributed by atoms with Gasteiger partial charge in [0, 0.05) is 12.6 Å². The molecule has 0 radical (unpaired) electrons. The first kappa shape index (κ1) is 17.7. The molecule has 0 saturated carbocycles. The fourth-order valence-electron chi connectivity index (χ4n) is 4.03. The lowest BCUT2D eigenvalue weighted by Crippen LogP contribution is -2.52. The molecule has 0 unspecified atom stereocenters. The van der Waals surface area contributed by atoms with Gasteiger partial charge in [0.1, 0.15) is 0 Å². The third-order valence-electron chi connectivity index (χ3n) is 5.32. The van der Waals surface area contributed by atoms with E-state index in [-0.39, 0.29) is 6.10 Å². The summed E-state index contributed by atoms with van der Waals surface area (Å²) in [4.78, 5) is 2.45. The van der Waals surface area contributed by atoms with Gasteiger partial charge in [0.15, 0.2) is 0 Å². The molecule has 2 saturated heterocycles. The zero-order valence-corrected chi connectivity index (χ0v) is 14.7. The predicted molar refractivity (Wildman–Crippen MR) is 91.8 cm³/mol. The van der Waals surface area contributed by atoms with Crippen LogP contribution >= 0.6 is 0 Å². The van der Waals surface area contributed by atoms with Crippen molar-refractivity contribution in [3.8, 4) is 0 Å². The first-order valence-corrected chi connectivity index (χ1v) is 8.84.